The lowest BCUT2D eigenvalue weighted by molar-refractivity contribution is 0.0910. The lowest BCUT2D eigenvalue weighted by Gasteiger charge is -2.29. The summed E-state index contributed by atoms with van der Waals surface area (Å²) in [5, 5.41) is 6.06. The van der Waals surface area contributed by atoms with Gasteiger partial charge in [0.1, 0.15) is 5.82 Å². The number of pyridine rings is 1. The fourth-order valence-corrected chi connectivity index (χ4v) is 2.46. The maximum atomic E-state index is 12.1. The lowest BCUT2D eigenvalue weighted by atomic mass is 9.86. The molecule has 1 aliphatic rings. The molecular weight excluding hydrogens is 226 g/mol. The van der Waals surface area contributed by atoms with Crippen molar-refractivity contribution in [2.75, 3.05) is 12.4 Å². The summed E-state index contributed by atoms with van der Waals surface area (Å²) < 4.78 is 0. The summed E-state index contributed by atoms with van der Waals surface area (Å²) in [4.78, 5) is 16.2. The van der Waals surface area contributed by atoms with E-state index in [0.717, 1.165) is 12.2 Å². The summed E-state index contributed by atoms with van der Waals surface area (Å²) in [6.07, 6.45) is 6.42. The number of amides is 1. The zero-order valence-electron chi connectivity index (χ0n) is 11.1. The van der Waals surface area contributed by atoms with Gasteiger partial charge in [0, 0.05) is 19.3 Å². The Labute approximate surface area is 108 Å². The first-order valence-electron chi connectivity index (χ1n) is 6.65. The van der Waals surface area contributed by atoms with Crippen molar-refractivity contribution >= 4 is 11.7 Å². The van der Waals surface area contributed by atoms with Gasteiger partial charge in [0.25, 0.3) is 5.91 Å². The summed E-state index contributed by atoms with van der Waals surface area (Å²) in [5.74, 6) is 1.34. The molecular formula is C14H21N3O. The van der Waals surface area contributed by atoms with Crippen LogP contribution in [0.2, 0.25) is 0 Å². The van der Waals surface area contributed by atoms with E-state index in [1.54, 1.807) is 6.20 Å². The van der Waals surface area contributed by atoms with E-state index in [-0.39, 0.29) is 5.91 Å². The minimum Gasteiger partial charge on any atom is -0.373 e. The zero-order chi connectivity index (χ0) is 13.0. The van der Waals surface area contributed by atoms with Crippen LogP contribution in [-0.2, 0) is 0 Å². The van der Waals surface area contributed by atoms with Crippen LogP contribution in [0.1, 0.15) is 43.0 Å². The van der Waals surface area contributed by atoms with Crippen LogP contribution >= 0.6 is 0 Å². The molecule has 2 atom stereocenters. The van der Waals surface area contributed by atoms with E-state index in [2.05, 4.69) is 22.5 Å². The zero-order valence-corrected chi connectivity index (χ0v) is 11.1. The summed E-state index contributed by atoms with van der Waals surface area (Å²) in [7, 11) is 1.81. The summed E-state index contributed by atoms with van der Waals surface area (Å²) in [6.45, 7) is 2.21. The van der Waals surface area contributed by atoms with Crippen LogP contribution in [-0.4, -0.2) is 24.0 Å². The van der Waals surface area contributed by atoms with Gasteiger partial charge in [0.05, 0.1) is 5.56 Å². The molecule has 1 fully saturated rings. The van der Waals surface area contributed by atoms with E-state index in [4.69, 9.17) is 0 Å². The minimum atomic E-state index is -0.0103. The van der Waals surface area contributed by atoms with Gasteiger partial charge in [-0.15, -0.1) is 0 Å². The van der Waals surface area contributed by atoms with Crippen LogP contribution in [0.15, 0.2) is 18.3 Å². The van der Waals surface area contributed by atoms with Crippen LogP contribution in [0, 0.1) is 5.92 Å². The lowest BCUT2D eigenvalue weighted by Crippen LogP contribution is -2.41. The molecule has 2 unspecified atom stereocenters. The largest absolute Gasteiger partial charge is 0.373 e. The average Bonchev–Trinajstić information content (AvgIpc) is 2.41. The summed E-state index contributed by atoms with van der Waals surface area (Å²) in [6, 6.07) is 3.94. The second-order valence-electron chi connectivity index (χ2n) is 5.02. The van der Waals surface area contributed by atoms with Crippen LogP contribution in [0.25, 0.3) is 0 Å². The van der Waals surface area contributed by atoms with E-state index in [9.17, 15) is 4.79 Å². The number of carbonyl (C=O) groups excluding carboxylic acids is 1. The molecule has 0 aliphatic heterocycles. The highest BCUT2D eigenvalue weighted by Gasteiger charge is 2.23. The number of rotatable bonds is 3. The molecule has 1 amide bonds. The van der Waals surface area contributed by atoms with E-state index >= 15 is 0 Å². The molecule has 98 valence electrons. The number of carbonyl (C=O) groups is 1. The Morgan fingerprint density at radius 1 is 1.33 bits per heavy atom. The number of hydrogen-bond acceptors (Lipinski definition) is 3. The predicted octanol–water partition coefficient (Wildman–Crippen LogP) is 2.43. The fraction of sp³-hybridized carbons (Fsp3) is 0.571. The van der Waals surface area contributed by atoms with Gasteiger partial charge in [-0.1, -0.05) is 19.8 Å². The van der Waals surface area contributed by atoms with E-state index in [1.807, 2.05) is 19.2 Å². The molecule has 1 aromatic heterocycles. The van der Waals surface area contributed by atoms with E-state index < -0.39 is 0 Å². The molecule has 0 spiro atoms. The monoisotopic (exact) mass is 247 g/mol. The van der Waals surface area contributed by atoms with Gasteiger partial charge in [0.15, 0.2) is 0 Å². The first-order chi connectivity index (χ1) is 8.70. The topological polar surface area (TPSA) is 54.0 Å². The average molecular weight is 247 g/mol. The van der Waals surface area contributed by atoms with Gasteiger partial charge in [-0.2, -0.15) is 0 Å². The van der Waals surface area contributed by atoms with Crippen molar-refractivity contribution in [3.8, 4) is 0 Å². The van der Waals surface area contributed by atoms with Crippen LogP contribution in [0.3, 0.4) is 0 Å². The Morgan fingerprint density at radius 3 is 2.72 bits per heavy atom. The predicted molar refractivity (Wildman–Crippen MR) is 72.7 cm³/mol. The number of hydrogen-bond donors (Lipinski definition) is 2. The van der Waals surface area contributed by atoms with Gasteiger partial charge in [0.2, 0.25) is 0 Å². The summed E-state index contributed by atoms with van der Waals surface area (Å²) in [5.41, 5.74) is 0.631. The van der Waals surface area contributed by atoms with Gasteiger partial charge >= 0.3 is 0 Å². The number of anilines is 1. The first kappa shape index (κ1) is 12.9. The third-order valence-corrected chi connectivity index (χ3v) is 3.71. The van der Waals surface area contributed by atoms with Crippen LogP contribution in [0.4, 0.5) is 5.82 Å². The van der Waals surface area contributed by atoms with Crippen LogP contribution in [0.5, 0.6) is 0 Å². The van der Waals surface area contributed by atoms with Gasteiger partial charge in [-0.25, -0.2) is 4.98 Å². The third-order valence-electron chi connectivity index (χ3n) is 3.71. The molecule has 0 aromatic carbocycles. The highest BCUT2D eigenvalue weighted by atomic mass is 16.1. The number of nitrogens with zero attached hydrogens (tertiary/aromatic N) is 1. The molecule has 4 nitrogen and oxygen atoms in total. The maximum absolute atomic E-state index is 12.1. The van der Waals surface area contributed by atoms with Gasteiger partial charge < -0.3 is 10.6 Å². The van der Waals surface area contributed by atoms with Crippen molar-refractivity contribution in [1.82, 2.24) is 10.3 Å². The second kappa shape index (κ2) is 5.85. The van der Waals surface area contributed by atoms with Crippen molar-refractivity contribution in [2.24, 2.45) is 5.92 Å². The number of nitrogens with one attached hydrogen (secondary N) is 2. The Balaban J connectivity index is 1.97. The molecule has 4 heteroatoms. The molecule has 18 heavy (non-hydrogen) atoms. The van der Waals surface area contributed by atoms with Crippen molar-refractivity contribution < 1.29 is 4.79 Å². The van der Waals surface area contributed by atoms with Crippen molar-refractivity contribution in [3.63, 3.8) is 0 Å². The van der Waals surface area contributed by atoms with E-state index in [1.165, 1.54) is 19.3 Å². The Morgan fingerprint density at radius 2 is 2.11 bits per heavy atom. The maximum Gasteiger partial charge on any atom is 0.253 e. The first-order valence-corrected chi connectivity index (χ1v) is 6.65. The molecule has 1 saturated carbocycles. The minimum absolute atomic E-state index is 0.0103. The van der Waals surface area contributed by atoms with E-state index in [0.29, 0.717) is 17.5 Å². The molecule has 0 bridgehead atoms. The smallest absolute Gasteiger partial charge is 0.253 e. The molecule has 2 N–H and O–H groups in total. The fourth-order valence-electron chi connectivity index (χ4n) is 2.46. The second-order valence-corrected chi connectivity index (χ2v) is 5.02. The molecule has 2 rings (SSSR count). The molecule has 0 radical (unpaired) electrons. The molecule has 1 aromatic rings. The van der Waals surface area contributed by atoms with Crippen molar-refractivity contribution in [2.45, 2.75) is 38.6 Å². The molecule has 0 saturated heterocycles. The highest BCUT2D eigenvalue weighted by Crippen LogP contribution is 2.23. The molecule has 1 heterocycles. The third kappa shape index (κ3) is 3.00. The Kier molecular flexibility index (Phi) is 4.18. The standard InChI is InChI=1S/C14H21N3O/c1-10-5-3-4-6-12(10)17-14(18)11-7-8-13(15-2)16-9-11/h7-10,12H,3-6H2,1-2H3,(H,15,16)(H,17,18). The van der Waals surface area contributed by atoms with Crippen molar-refractivity contribution in [1.29, 1.82) is 0 Å². The van der Waals surface area contributed by atoms with Crippen molar-refractivity contribution in [3.05, 3.63) is 23.9 Å². The molecule has 1 aliphatic carbocycles. The van der Waals surface area contributed by atoms with Gasteiger partial charge in [-0.05, 0) is 30.9 Å². The SMILES string of the molecule is CNc1ccc(C(=O)NC2CCCCC2C)cn1. The number of aromatic nitrogens is 1. The Bertz CT molecular complexity index is 402. The van der Waals surface area contributed by atoms with Gasteiger partial charge in [-0.3, -0.25) is 4.79 Å². The quantitative estimate of drug-likeness (QED) is 0.862. The van der Waals surface area contributed by atoms with Crippen LogP contribution < -0.4 is 10.6 Å². The Hall–Kier alpha value is -1.58. The highest BCUT2D eigenvalue weighted by molar-refractivity contribution is 5.94. The normalized spacial score (nSPS) is 23.4. The summed E-state index contributed by atoms with van der Waals surface area (Å²) >= 11 is 0.